The van der Waals surface area contributed by atoms with Gasteiger partial charge in [-0.3, -0.25) is 4.90 Å². The van der Waals surface area contributed by atoms with E-state index in [1.54, 1.807) is 18.2 Å². The SMILES string of the molecule is Oc1ccc(C2CCC(c3ccc(OCCN4CCCCC4)cc3)c3ccc(O)cc32)cc1. The third-order valence-electron chi connectivity index (χ3n) is 7.27. The van der Waals surface area contributed by atoms with Gasteiger partial charge in [-0.2, -0.15) is 0 Å². The second kappa shape index (κ2) is 9.88. The van der Waals surface area contributed by atoms with Crippen molar-refractivity contribution in [2.45, 2.75) is 43.9 Å². The number of benzene rings is 3. The molecule has 4 heteroatoms. The first kappa shape index (κ1) is 21.8. The van der Waals surface area contributed by atoms with E-state index in [1.165, 1.54) is 54.6 Å². The van der Waals surface area contributed by atoms with Gasteiger partial charge in [0, 0.05) is 18.4 Å². The summed E-state index contributed by atoms with van der Waals surface area (Å²) in [5.74, 6) is 2.04. The Balaban J connectivity index is 1.30. The average Bonchev–Trinajstić information content (AvgIpc) is 2.85. The number of rotatable bonds is 6. The molecular formula is C29H33NO3. The number of piperidine rings is 1. The molecule has 33 heavy (non-hydrogen) atoms. The van der Waals surface area contributed by atoms with Crippen molar-refractivity contribution in [3.05, 3.63) is 89.0 Å². The fourth-order valence-electron chi connectivity index (χ4n) is 5.50. The number of likely N-dealkylation sites (tertiary alicyclic amines) is 1. The van der Waals surface area contributed by atoms with Crippen LogP contribution in [0.25, 0.3) is 0 Å². The first-order valence-corrected chi connectivity index (χ1v) is 12.2. The van der Waals surface area contributed by atoms with Gasteiger partial charge in [0.05, 0.1) is 0 Å². The topological polar surface area (TPSA) is 52.9 Å². The van der Waals surface area contributed by atoms with Gasteiger partial charge in [-0.25, -0.2) is 0 Å². The van der Waals surface area contributed by atoms with Gasteiger partial charge in [-0.05, 0) is 97.4 Å². The summed E-state index contributed by atoms with van der Waals surface area (Å²) in [6.45, 7) is 4.13. The van der Waals surface area contributed by atoms with Crippen molar-refractivity contribution in [2.75, 3.05) is 26.2 Å². The van der Waals surface area contributed by atoms with E-state index in [0.717, 1.165) is 31.7 Å². The summed E-state index contributed by atoms with van der Waals surface area (Å²) in [5, 5.41) is 19.9. The first-order chi connectivity index (χ1) is 16.2. The maximum atomic E-state index is 10.2. The molecule has 2 N–H and O–H groups in total. The highest BCUT2D eigenvalue weighted by atomic mass is 16.5. The molecule has 1 saturated heterocycles. The molecule has 1 heterocycles. The molecule has 0 spiro atoms. The van der Waals surface area contributed by atoms with Crippen LogP contribution in [0.2, 0.25) is 0 Å². The maximum Gasteiger partial charge on any atom is 0.119 e. The summed E-state index contributed by atoms with van der Waals surface area (Å²) in [7, 11) is 0. The van der Waals surface area contributed by atoms with Crippen LogP contribution in [-0.4, -0.2) is 41.4 Å². The highest BCUT2D eigenvalue weighted by Gasteiger charge is 2.29. The van der Waals surface area contributed by atoms with Crippen LogP contribution in [0.5, 0.6) is 17.2 Å². The summed E-state index contributed by atoms with van der Waals surface area (Å²) in [6, 6.07) is 21.8. The number of fused-ring (bicyclic) bond motifs is 1. The highest BCUT2D eigenvalue weighted by Crippen LogP contribution is 2.46. The monoisotopic (exact) mass is 443 g/mol. The van der Waals surface area contributed by atoms with E-state index in [-0.39, 0.29) is 11.7 Å². The number of aromatic hydroxyl groups is 2. The van der Waals surface area contributed by atoms with Crippen molar-refractivity contribution in [1.29, 1.82) is 0 Å². The Morgan fingerprint density at radius 2 is 1.30 bits per heavy atom. The Hall–Kier alpha value is -2.98. The van der Waals surface area contributed by atoms with E-state index >= 15 is 0 Å². The van der Waals surface area contributed by atoms with E-state index < -0.39 is 0 Å². The molecule has 4 nitrogen and oxygen atoms in total. The van der Waals surface area contributed by atoms with Gasteiger partial charge in [0.1, 0.15) is 23.9 Å². The predicted molar refractivity (Wildman–Crippen MR) is 131 cm³/mol. The second-order valence-electron chi connectivity index (χ2n) is 9.41. The summed E-state index contributed by atoms with van der Waals surface area (Å²) >= 11 is 0. The average molecular weight is 444 g/mol. The van der Waals surface area contributed by atoms with Crippen LogP contribution >= 0.6 is 0 Å². The lowest BCUT2D eigenvalue weighted by Crippen LogP contribution is -2.33. The molecule has 0 radical (unpaired) electrons. The van der Waals surface area contributed by atoms with E-state index in [9.17, 15) is 10.2 Å². The van der Waals surface area contributed by atoms with E-state index in [4.69, 9.17) is 4.74 Å². The lowest BCUT2D eigenvalue weighted by Gasteiger charge is -2.32. The van der Waals surface area contributed by atoms with Crippen molar-refractivity contribution in [1.82, 2.24) is 4.90 Å². The zero-order valence-electron chi connectivity index (χ0n) is 19.1. The van der Waals surface area contributed by atoms with Gasteiger partial charge in [-0.1, -0.05) is 36.8 Å². The lowest BCUT2D eigenvalue weighted by atomic mass is 9.72. The Morgan fingerprint density at radius 3 is 2.00 bits per heavy atom. The number of hydrogen-bond donors (Lipinski definition) is 2. The molecule has 0 saturated carbocycles. The molecule has 1 aliphatic heterocycles. The number of phenolic OH excluding ortho intramolecular Hbond substituents is 2. The summed E-state index contributed by atoms with van der Waals surface area (Å²) in [6.07, 6.45) is 6.02. The molecule has 0 aromatic heterocycles. The minimum Gasteiger partial charge on any atom is -0.508 e. The van der Waals surface area contributed by atoms with Crippen LogP contribution < -0.4 is 4.74 Å². The number of nitrogens with zero attached hydrogens (tertiary/aromatic N) is 1. The van der Waals surface area contributed by atoms with Crippen LogP contribution in [0.3, 0.4) is 0 Å². The Kier molecular flexibility index (Phi) is 6.54. The summed E-state index contributed by atoms with van der Waals surface area (Å²) in [4.78, 5) is 2.50. The van der Waals surface area contributed by atoms with Gasteiger partial charge < -0.3 is 14.9 Å². The van der Waals surface area contributed by atoms with Crippen molar-refractivity contribution < 1.29 is 14.9 Å². The van der Waals surface area contributed by atoms with Crippen LogP contribution in [0, 0.1) is 0 Å². The molecule has 2 unspecified atom stereocenters. The molecule has 3 aromatic rings. The zero-order valence-corrected chi connectivity index (χ0v) is 19.1. The fourth-order valence-corrected chi connectivity index (χ4v) is 5.50. The third kappa shape index (κ3) is 5.01. The van der Waals surface area contributed by atoms with Gasteiger partial charge >= 0.3 is 0 Å². The van der Waals surface area contributed by atoms with E-state index in [0.29, 0.717) is 11.7 Å². The minimum atomic E-state index is 0.223. The Bertz CT molecular complexity index is 1060. The number of phenols is 2. The van der Waals surface area contributed by atoms with Gasteiger partial charge in [0.25, 0.3) is 0 Å². The van der Waals surface area contributed by atoms with E-state index in [1.807, 2.05) is 18.2 Å². The molecular weight excluding hydrogens is 410 g/mol. The van der Waals surface area contributed by atoms with Crippen molar-refractivity contribution in [3.8, 4) is 17.2 Å². The van der Waals surface area contributed by atoms with Gasteiger partial charge in [0.15, 0.2) is 0 Å². The van der Waals surface area contributed by atoms with E-state index in [2.05, 4.69) is 35.2 Å². The predicted octanol–water partition coefficient (Wildman–Crippen LogP) is 6.02. The molecule has 2 atom stereocenters. The number of hydrogen-bond acceptors (Lipinski definition) is 4. The largest absolute Gasteiger partial charge is 0.508 e. The van der Waals surface area contributed by atoms with Crippen molar-refractivity contribution >= 4 is 0 Å². The standard InChI is InChI=1S/C29H33NO3/c31-23-8-4-21(5-9-23)27-15-14-26(28-13-10-24(32)20-29(27)28)22-6-11-25(12-7-22)33-19-18-30-16-2-1-3-17-30/h4-13,20,26-27,31-32H,1-3,14-19H2. The molecule has 1 aliphatic carbocycles. The van der Waals surface area contributed by atoms with Crippen LogP contribution in [0.4, 0.5) is 0 Å². The fraction of sp³-hybridized carbons (Fsp3) is 0.379. The lowest BCUT2D eigenvalue weighted by molar-refractivity contribution is 0.183. The second-order valence-corrected chi connectivity index (χ2v) is 9.41. The number of ether oxygens (including phenoxy) is 1. The van der Waals surface area contributed by atoms with Gasteiger partial charge in [-0.15, -0.1) is 0 Å². The van der Waals surface area contributed by atoms with Gasteiger partial charge in [0.2, 0.25) is 0 Å². The quantitative estimate of drug-likeness (QED) is 0.489. The highest BCUT2D eigenvalue weighted by molar-refractivity contribution is 5.49. The van der Waals surface area contributed by atoms with Crippen LogP contribution in [0.1, 0.15) is 66.2 Å². The van der Waals surface area contributed by atoms with Crippen LogP contribution in [-0.2, 0) is 0 Å². The molecule has 3 aromatic carbocycles. The molecule has 5 rings (SSSR count). The van der Waals surface area contributed by atoms with Crippen molar-refractivity contribution in [2.24, 2.45) is 0 Å². The maximum absolute atomic E-state index is 10.2. The Labute approximate surface area is 196 Å². The third-order valence-corrected chi connectivity index (χ3v) is 7.27. The summed E-state index contributed by atoms with van der Waals surface area (Å²) < 4.78 is 6.03. The normalized spacial score (nSPS) is 20.8. The van der Waals surface area contributed by atoms with Crippen molar-refractivity contribution in [3.63, 3.8) is 0 Å². The smallest absolute Gasteiger partial charge is 0.119 e. The minimum absolute atomic E-state index is 0.223. The molecule has 172 valence electrons. The summed E-state index contributed by atoms with van der Waals surface area (Å²) in [5.41, 5.74) is 4.92. The Morgan fingerprint density at radius 1 is 0.697 bits per heavy atom. The van der Waals surface area contributed by atoms with Crippen LogP contribution in [0.15, 0.2) is 66.7 Å². The first-order valence-electron chi connectivity index (χ1n) is 12.2. The molecule has 0 bridgehead atoms. The zero-order chi connectivity index (χ0) is 22.6. The molecule has 0 amide bonds. The molecule has 2 aliphatic rings. The molecule has 1 fully saturated rings.